The highest BCUT2D eigenvalue weighted by molar-refractivity contribution is 6.32. The van der Waals surface area contributed by atoms with Crippen LogP contribution in [0, 0.1) is 0 Å². The molecule has 0 aliphatic carbocycles. The summed E-state index contributed by atoms with van der Waals surface area (Å²) in [7, 11) is 0. The summed E-state index contributed by atoms with van der Waals surface area (Å²) in [4.78, 5) is 17.9. The number of halogens is 1. The van der Waals surface area contributed by atoms with Crippen molar-refractivity contribution in [2.75, 3.05) is 36.0 Å². The molecule has 6 heteroatoms. The highest BCUT2D eigenvalue weighted by Crippen LogP contribution is 2.24. The Hall–Kier alpha value is -1.88. The van der Waals surface area contributed by atoms with Crippen LogP contribution in [0.15, 0.2) is 30.6 Å². The predicted octanol–water partition coefficient (Wildman–Crippen LogP) is 2.98. The largest absolute Gasteiger partial charge is 0.353 e. The van der Waals surface area contributed by atoms with Gasteiger partial charge in [-0.05, 0) is 18.2 Å². The van der Waals surface area contributed by atoms with Crippen LogP contribution < -0.4 is 9.80 Å². The molecular formula is C16H20ClN5. The molecule has 22 heavy (non-hydrogen) atoms. The lowest BCUT2D eigenvalue weighted by Gasteiger charge is -2.36. The van der Waals surface area contributed by atoms with E-state index < -0.39 is 0 Å². The first-order chi connectivity index (χ1) is 10.6. The lowest BCUT2D eigenvalue weighted by Crippen LogP contribution is -2.47. The molecule has 0 amide bonds. The second-order valence-corrected chi connectivity index (χ2v) is 6.12. The van der Waals surface area contributed by atoms with Crippen LogP contribution in [0.5, 0.6) is 0 Å². The average Bonchev–Trinajstić information content (AvgIpc) is 2.56. The molecule has 0 saturated carbocycles. The van der Waals surface area contributed by atoms with Crippen molar-refractivity contribution in [2.45, 2.75) is 19.8 Å². The van der Waals surface area contributed by atoms with Crippen molar-refractivity contribution in [1.82, 2.24) is 15.0 Å². The van der Waals surface area contributed by atoms with Gasteiger partial charge in [0.2, 0.25) is 0 Å². The van der Waals surface area contributed by atoms with E-state index in [4.69, 9.17) is 11.6 Å². The van der Waals surface area contributed by atoms with Crippen molar-refractivity contribution < 1.29 is 0 Å². The van der Waals surface area contributed by atoms with Gasteiger partial charge in [-0.15, -0.1) is 0 Å². The van der Waals surface area contributed by atoms with Crippen LogP contribution in [0.3, 0.4) is 0 Å². The van der Waals surface area contributed by atoms with Crippen molar-refractivity contribution in [3.05, 3.63) is 41.4 Å². The molecule has 1 saturated heterocycles. The summed E-state index contributed by atoms with van der Waals surface area (Å²) in [5, 5.41) is 0.708. The average molecular weight is 318 g/mol. The van der Waals surface area contributed by atoms with Gasteiger partial charge in [0.1, 0.15) is 17.5 Å². The Kier molecular flexibility index (Phi) is 4.43. The predicted molar refractivity (Wildman–Crippen MR) is 89.8 cm³/mol. The summed E-state index contributed by atoms with van der Waals surface area (Å²) in [6.07, 6.45) is 3.63. The summed E-state index contributed by atoms with van der Waals surface area (Å²) >= 11 is 6.23. The summed E-state index contributed by atoms with van der Waals surface area (Å²) < 4.78 is 0. The third kappa shape index (κ3) is 3.14. The molecule has 2 aromatic rings. The monoisotopic (exact) mass is 317 g/mol. The van der Waals surface area contributed by atoms with E-state index in [-0.39, 0.29) is 0 Å². The van der Waals surface area contributed by atoms with Gasteiger partial charge in [0.05, 0.1) is 5.02 Å². The van der Waals surface area contributed by atoms with E-state index in [1.807, 2.05) is 24.4 Å². The Bertz CT molecular complexity index is 638. The summed E-state index contributed by atoms with van der Waals surface area (Å²) in [6.45, 7) is 7.80. The fourth-order valence-electron chi connectivity index (χ4n) is 2.58. The highest BCUT2D eigenvalue weighted by Gasteiger charge is 2.21. The minimum absolute atomic E-state index is 0.341. The Morgan fingerprint density at radius 1 is 1.00 bits per heavy atom. The first-order valence-corrected chi connectivity index (χ1v) is 7.96. The SMILES string of the molecule is CC(C)c1nccc(N2CCN(c3ncccc3Cl)CC2)n1. The van der Waals surface area contributed by atoms with Gasteiger partial charge in [-0.3, -0.25) is 0 Å². The van der Waals surface area contributed by atoms with Gasteiger partial charge in [-0.1, -0.05) is 25.4 Å². The molecule has 0 spiro atoms. The van der Waals surface area contributed by atoms with E-state index in [0.29, 0.717) is 10.9 Å². The molecule has 0 unspecified atom stereocenters. The minimum atomic E-state index is 0.341. The van der Waals surface area contributed by atoms with E-state index >= 15 is 0 Å². The molecule has 5 nitrogen and oxygen atoms in total. The maximum absolute atomic E-state index is 6.23. The molecule has 0 N–H and O–H groups in total. The van der Waals surface area contributed by atoms with Crippen LogP contribution in [0.4, 0.5) is 11.6 Å². The van der Waals surface area contributed by atoms with Crippen molar-refractivity contribution in [3.63, 3.8) is 0 Å². The van der Waals surface area contributed by atoms with Gasteiger partial charge >= 0.3 is 0 Å². The summed E-state index contributed by atoms with van der Waals surface area (Å²) in [6, 6.07) is 5.72. The first kappa shape index (κ1) is 15.0. The molecule has 3 heterocycles. The number of piperazine rings is 1. The topological polar surface area (TPSA) is 45.2 Å². The first-order valence-electron chi connectivity index (χ1n) is 7.58. The second kappa shape index (κ2) is 6.48. The summed E-state index contributed by atoms with van der Waals surface area (Å²) in [5.41, 5.74) is 0. The van der Waals surface area contributed by atoms with Crippen LogP contribution in [0.1, 0.15) is 25.6 Å². The molecular weight excluding hydrogens is 298 g/mol. The van der Waals surface area contributed by atoms with E-state index in [1.54, 1.807) is 6.20 Å². The zero-order chi connectivity index (χ0) is 15.5. The Morgan fingerprint density at radius 3 is 2.41 bits per heavy atom. The van der Waals surface area contributed by atoms with E-state index in [9.17, 15) is 0 Å². The zero-order valence-corrected chi connectivity index (χ0v) is 13.7. The number of anilines is 2. The van der Waals surface area contributed by atoms with Gasteiger partial charge in [0, 0.05) is 44.5 Å². The standard InChI is InChI=1S/C16H20ClN5/c1-12(2)15-18-7-5-14(20-15)21-8-10-22(11-9-21)16-13(17)4-3-6-19-16/h3-7,12H,8-11H2,1-2H3. The third-order valence-corrected chi connectivity index (χ3v) is 4.11. The van der Waals surface area contributed by atoms with Crippen LogP contribution in [-0.4, -0.2) is 41.1 Å². The summed E-state index contributed by atoms with van der Waals surface area (Å²) in [5.74, 6) is 3.11. The third-order valence-electron chi connectivity index (χ3n) is 3.82. The van der Waals surface area contributed by atoms with E-state index in [2.05, 4.69) is 38.6 Å². The van der Waals surface area contributed by atoms with Crippen molar-refractivity contribution in [2.24, 2.45) is 0 Å². The number of pyridine rings is 1. The number of aromatic nitrogens is 3. The second-order valence-electron chi connectivity index (χ2n) is 5.71. The van der Waals surface area contributed by atoms with E-state index in [1.165, 1.54) is 0 Å². The quantitative estimate of drug-likeness (QED) is 0.871. The smallest absolute Gasteiger partial charge is 0.147 e. The molecule has 0 atom stereocenters. The lowest BCUT2D eigenvalue weighted by atomic mass is 10.2. The molecule has 2 aromatic heterocycles. The van der Waals surface area contributed by atoms with Crippen molar-refractivity contribution in [1.29, 1.82) is 0 Å². The number of rotatable bonds is 3. The normalized spacial score (nSPS) is 15.5. The van der Waals surface area contributed by atoms with Crippen LogP contribution >= 0.6 is 11.6 Å². The molecule has 1 aliphatic heterocycles. The fraction of sp³-hybridized carbons (Fsp3) is 0.438. The van der Waals surface area contributed by atoms with Gasteiger partial charge in [-0.25, -0.2) is 15.0 Å². The maximum Gasteiger partial charge on any atom is 0.147 e. The molecule has 1 aliphatic rings. The molecule has 0 aromatic carbocycles. The van der Waals surface area contributed by atoms with E-state index in [0.717, 1.165) is 43.6 Å². The van der Waals surface area contributed by atoms with Crippen LogP contribution in [0.25, 0.3) is 0 Å². The number of hydrogen-bond donors (Lipinski definition) is 0. The van der Waals surface area contributed by atoms with Crippen molar-refractivity contribution in [3.8, 4) is 0 Å². The fourth-order valence-corrected chi connectivity index (χ4v) is 2.82. The van der Waals surface area contributed by atoms with Crippen LogP contribution in [0.2, 0.25) is 5.02 Å². The zero-order valence-electron chi connectivity index (χ0n) is 12.9. The van der Waals surface area contributed by atoms with Crippen LogP contribution in [-0.2, 0) is 0 Å². The van der Waals surface area contributed by atoms with Crippen molar-refractivity contribution >= 4 is 23.2 Å². The Morgan fingerprint density at radius 2 is 1.73 bits per heavy atom. The molecule has 3 rings (SSSR count). The minimum Gasteiger partial charge on any atom is -0.353 e. The Labute approximate surface area is 136 Å². The van der Waals surface area contributed by atoms with Gasteiger partial charge < -0.3 is 9.80 Å². The van der Waals surface area contributed by atoms with Gasteiger partial charge in [0.25, 0.3) is 0 Å². The lowest BCUT2D eigenvalue weighted by molar-refractivity contribution is 0.636. The molecule has 1 fully saturated rings. The van der Waals surface area contributed by atoms with Gasteiger partial charge in [0.15, 0.2) is 0 Å². The number of nitrogens with zero attached hydrogens (tertiary/aromatic N) is 5. The Balaban J connectivity index is 1.69. The highest BCUT2D eigenvalue weighted by atomic mass is 35.5. The van der Waals surface area contributed by atoms with Gasteiger partial charge in [-0.2, -0.15) is 0 Å². The molecule has 0 bridgehead atoms. The molecule has 0 radical (unpaired) electrons. The number of hydrogen-bond acceptors (Lipinski definition) is 5. The maximum atomic E-state index is 6.23. The molecule has 116 valence electrons.